The Morgan fingerprint density at radius 2 is 1.87 bits per heavy atom. The molecule has 1 atom stereocenters. The van der Waals surface area contributed by atoms with Crippen LogP contribution in [0, 0.1) is 5.41 Å². The van der Waals surface area contributed by atoms with E-state index in [0.29, 0.717) is 25.6 Å². The predicted molar refractivity (Wildman–Crippen MR) is 112 cm³/mol. The van der Waals surface area contributed by atoms with E-state index in [-0.39, 0.29) is 11.9 Å². The molecule has 0 aliphatic carbocycles. The number of nitrogens with one attached hydrogen (secondary N) is 3. The van der Waals surface area contributed by atoms with Crippen LogP contribution in [0.2, 0.25) is 0 Å². The van der Waals surface area contributed by atoms with Gasteiger partial charge in [-0.1, -0.05) is 12.1 Å². The van der Waals surface area contributed by atoms with Gasteiger partial charge in [-0.25, -0.2) is 0 Å². The molecule has 9 heteroatoms. The predicted octanol–water partition coefficient (Wildman–Crippen LogP) is 2.61. The number of amides is 1. The van der Waals surface area contributed by atoms with Crippen LogP contribution in [-0.4, -0.2) is 56.0 Å². The van der Waals surface area contributed by atoms with E-state index in [4.69, 9.17) is 0 Å². The molecule has 30 heavy (non-hydrogen) atoms. The summed E-state index contributed by atoms with van der Waals surface area (Å²) in [5, 5.41) is 9.42. The number of hydrogen-bond donors (Lipinski definition) is 3. The van der Waals surface area contributed by atoms with Crippen LogP contribution < -0.4 is 16.0 Å². The summed E-state index contributed by atoms with van der Waals surface area (Å²) in [6.45, 7) is 8.89. The van der Waals surface area contributed by atoms with E-state index >= 15 is 0 Å². The summed E-state index contributed by atoms with van der Waals surface area (Å²) in [5.41, 5.74) is -0.342. The fraction of sp³-hybridized carbons (Fsp3) is 0.619. The lowest BCUT2D eigenvalue weighted by Gasteiger charge is -2.26. The van der Waals surface area contributed by atoms with Gasteiger partial charge in [-0.05, 0) is 44.9 Å². The maximum atomic E-state index is 12.7. The van der Waals surface area contributed by atoms with Crippen molar-refractivity contribution < 1.29 is 18.0 Å². The highest BCUT2D eigenvalue weighted by Crippen LogP contribution is 2.29. The molecule has 0 spiro atoms. The minimum Gasteiger partial charge on any atom is -0.356 e. The van der Waals surface area contributed by atoms with Crippen LogP contribution in [0.4, 0.5) is 13.2 Å². The molecule has 1 aliphatic heterocycles. The topological polar surface area (TPSA) is 68.8 Å². The number of likely N-dealkylation sites (tertiary alicyclic amines) is 1. The van der Waals surface area contributed by atoms with Crippen molar-refractivity contribution in [2.24, 2.45) is 10.4 Å². The van der Waals surface area contributed by atoms with Gasteiger partial charge in [0.1, 0.15) is 0 Å². The number of nitrogens with zero attached hydrogens (tertiary/aromatic N) is 2. The Bertz CT molecular complexity index is 731. The standard InChI is InChI=1S/C21H32F3N5O/c1-5-26-18(30)20(2,3)14-27-19(25-4)28-17-10-11-29(13-17)12-15-6-8-16(9-7-15)21(22,23)24/h6-9,17H,5,10-14H2,1-4H3,(H,26,30)(H2,25,27,28). The molecule has 1 heterocycles. The molecule has 168 valence electrons. The maximum absolute atomic E-state index is 12.7. The van der Waals surface area contributed by atoms with Gasteiger partial charge in [-0.2, -0.15) is 13.2 Å². The Morgan fingerprint density at radius 1 is 1.20 bits per heavy atom. The van der Waals surface area contributed by atoms with Crippen LogP contribution in [0.15, 0.2) is 29.3 Å². The van der Waals surface area contributed by atoms with E-state index in [9.17, 15) is 18.0 Å². The summed E-state index contributed by atoms with van der Waals surface area (Å²) >= 11 is 0. The van der Waals surface area contributed by atoms with Crippen molar-refractivity contribution >= 4 is 11.9 Å². The Labute approximate surface area is 176 Å². The molecule has 1 fully saturated rings. The number of hydrogen-bond acceptors (Lipinski definition) is 3. The number of carbonyl (C=O) groups is 1. The highest BCUT2D eigenvalue weighted by molar-refractivity contribution is 5.84. The van der Waals surface area contributed by atoms with Gasteiger partial charge in [0.25, 0.3) is 0 Å². The second kappa shape index (κ2) is 10.1. The van der Waals surface area contributed by atoms with Crippen LogP contribution in [0.1, 0.15) is 38.3 Å². The second-order valence-corrected chi connectivity index (χ2v) is 8.23. The van der Waals surface area contributed by atoms with Crippen molar-refractivity contribution in [1.82, 2.24) is 20.9 Å². The van der Waals surface area contributed by atoms with Gasteiger partial charge in [-0.15, -0.1) is 0 Å². The minimum absolute atomic E-state index is 0.0171. The summed E-state index contributed by atoms with van der Waals surface area (Å²) in [5.74, 6) is 0.616. The quantitative estimate of drug-likeness (QED) is 0.462. The maximum Gasteiger partial charge on any atom is 0.416 e. The number of aliphatic imine (C=N–C) groups is 1. The van der Waals surface area contributed by atoms with Gasteiger partial charge in [0, 0.05) is 45.8 Å². The smallest absolute Gasteiger partial charge is 0.356 e. The van der Waals surface area contributed by atoms with Crippen molar-refractivity contribution in [3.63, 3.8) is 0 Å². The molecule has 1 amide bonds. The minimum atomic E-state index is -4.31. The Balaban J connectivity index is 1.82. The Morgan fingerprint density at radius 3 is 2.43 bits per heavy atom. The van der Waals surface area contributed by atoms with E-state index in [0.717, 1.165) is 37.2 Å². The average Bonchev–Trinajstić information content (AvgIpc) is 3.11. The van der Waals surface area contributed by atoms with E-state index in [2.05, 4.69) is 25.8 Å². The van der Waals surface area contributed by atoms with Gasteiger partial charge in [-0.3, -0.25) is 14.7 Å². The van der Waals surface area contributed by atoms with Gasteiger partial charge in [0.2, 0.25) is 5.91 Å². The van der Waals surface area contributed by atoms with Crippen molar-refractivity contribution in [2.45, 2.75) is 46.0 Å². The Kier molecular flexibility index (Phi) is 8.11. The lowest BCUT2D eigenvalue weighted by Crippen LogP contribution is -2.50. The SMILES string of the molecule is CCNC(=O)C(C)(C)CNC(=NC)NC1CCN(Cc2ccc(C(F)(F)F)cc2)C1. The van der Waals surface area contributed by atoms with Crippen molar-refractivity contribution in [1.29, 1.82) is 0 Å². The van der Waals surface area contributed by atoms with E-state index in [1.807, 2.05) is 20.8 Å². The largest absolute Gasteiger partial charge is 0.416 e. The molecule has 0 aromatic heterocycles. The number of rotatable bonds is 7. The molecule has 0 radical (unpaired) electrons. The zero-order valence-corrected chi connectivity index (χ0v) is 18.1. The van der Waals surface area contributed by atoms with Gasteiger partial charge < -0.3 is 16.0 Å². The molecular weight excluding hydrogens is 395 g/mol. The molecule has 6 nitrogen and oxygen atoms in total. The first-order valence-electron chi connectivity index (χ1n) is 10.2. The summed E-state index contributed by atoms with van der Waals surface area (Å²) in [6, 6.07) is 5.51. The summed E-state index contributed by atoms with van der Waals surface area (Å²) < 4.78 is 38.1. The van der Waals surface area contributed by atoms with Crippen molar-refractivity contribution in [3.8, 4) is 0 Å². The van der Waals surface area contributed by atoms with Crippen molar-refractivity contribution in [2.75, 3.05) is 33.2 Å². The average molecular weight is 428 g/mol. The monoisotopic (exact) mass is 427 g/mol. The van der Waals surface area contributed by atoms with Crippen LogP contribution in [0.25, 0.3) is 0 Å². The fourth-order valence-corrected chi connectivity index (χ4v) is 3.32. The normalized spacial score (nSPS) is 18.4. The Hall–Kier alpha value is -2.29. The zero-order chi connectivity index (χ0) is 22.4. The molecule has 3 N–H and O–H groups in total. The molecule has 1 aromatic rings. The van der Waals surface area contributed by atoms with Crippen LogP contribution in [0.5, 0.6) is 0 Å². The first-order valence-corrected chi connectivity index (χ1v) is 10.2. The number of alkyl halides is 3. The molecular formula is C21H32F3N5O. The number of halogens is 3. The van der Waals surface area contributed by atoms with E-state index in [1.54, 1.807) is 7.05 Å². The second-order valence-electron chi connectivity index (χ2n) is 8.23. The summed E-state index contributed by atoms with van der Waals surface area (Å²) in [4.78, 5) is 18.6. The zero-order valence-electron chi connectivity index (χ0n) is 18.1. The molecule has 2 rings (SSSR count). The van der Waals surface area contributed by atoms with Crippen LogP contribution >= 0.6 is 0 Å². The number of carbonyl (C=O) groups excluding carboxylic acids is 1. The third-order valence-electron chi connectivity index (χ3n) is 5.17. The van der Waals surface area contributed by atoms with Gasteiger partial charge in [0.15, 0.2) is 5.96 Å². The first kappa shape index (κ1) is 24.0. The number of benzene rings is 1. The molecule has 1 unspecified atom stereocenters. The lowest BCUT2D eigenvalue weighted by atomic mass is 9.92. The van der Waals surface area contributed by atoms with Crippen LogP contribution in [0.3, 0.4) is 0 Å². The first-order chi connectivity index (χ1) is 14.0. The molecule has 1 aromatic carbocycles. The molecule has 0 saturated carbocycles. The highest BCUT2D eigenvalue weighted by Gasteiger charge is 2.30. The molecule has 1 aliphatic rings. The fourth-order valence-electron chi connectivity index (χ4n) is 3.32. The third kappa shape index (κ3) is 6.90. The number of guanidine groups is 1. The van der Waals surface area contributed by atoms with Crippen LogP contribution in [-0.2, 0) is 17.5 Å². The van der Waals surface area contributed by atoms with Gasteiger partial charge >= 0.3 is 6.18 Å². The van der Waals surface area contributed by atoms with E-state index in [1.165, 1.54) is 12.1 Å². The van der Waals surface area contributed by atoms with Gasteiger partial charge in [0.05, 0.1) is 11.0 Å². The lowest BCUT2D eigenvalue weighted by molar-refractivity contribution is -0.137. The summed E-state index contributed by atoms with van der Waals surface area (Å²) in [6.07, 6.45) is -3.41. The highest BCUT2D eigenvalue weighted by atomic mass is 19.4. The third-order valence-corrected chi connectivity index (χ3v) is 5.17. The molecule has 0 bridgehead atoms. The van der Waals surface area contributed by atoms with E-state index < -0.39 is 17.2 Å². The molecule has 1 saturated heterocycles. The van der Waals surface area contributed by atoms with Crippen molar-refractivity contribution in [3.05, 3.63) is 35.4 Å². The summed E-state index contributed by atoms with van der Waals surface area (Å²) in [7, 11) is 1.68.